The number of amides is 1. The molecule has 0 spiro atoms. The minimum Gasteiger partial charge on any atom is -0.480 e. The number of aliphatic hydroxyl groups is 1. The number of aliphatic carboxylic acids is 1. The van der Waals surface area contributed by atoms with Crippen molar-refractivity contribution in [3.05, 3.63) is 24.3 Å². The summed E-state index contributed by atoms with van der Waals surface area (Å²) in [4.78, 5) is 45.7. The maximum atomic E-state index is 12.2. The number of unbranched alkanes of at least 4 members (excludes halogenated alkanes) is 19. The van der Waals surface area contributed by atoms with E-state index < -0.39 is 57.6 Å². The molecule has 12 heteroatoms. The van der Waals surface area contributed by atoms with Crippen molar-refractivity contribution in [2.75, 3.05) is 19.8 Å². The van der Waals surface area contributed by atoms with Crippen molar-refractivity contribution in [2.45, 2.75) is 187 Å². The molecule has 0 aliphatic carbocycles. The maximum Gasteiger partial charge on any atom is 0.472 e. The van der Waals surface area contributed by atoms with Gasteiger partial charge in [-0.25, -0.2) is 9.36 Å². The van der Waals surface area contributed by atoms with Crippen LogP contribution in [-0.4, -0.2) is 64.9 Å². The van der Waals surface area contributed by atoms with Crippen LogP contribution in [0.25, 0.3) is 0 Å². The van der Waals surface area contributed by atoms with E-state index in [2.05, 4.69) is 43.5 Å². The maximum absolute atomic E-state index is 12.2. The Bertz CT molecular complexity index is 974. The number of hydrogen-bond donors (Lipinski definition) is 4. The third kappa shape index (κ3) is 34.8. The second-order valence-corrected chi connectivity index (χ2v) is 14.9. The molecule has 1 amide bonds. The topological polar surface area (TPSA) is 169 Å². The first-order valence-electron chi connectivity index (χ1n) is 19.9. The molecule has 0 saturated heterocycles. The Labute approximate surface area is 309 Å². The number of phosphoric ester groups is 1. The summed E-state index contributed by atoms with van der Waals surface area (Å²) in [5, 5.41) is 21.7. The van der Waals surface area contributed by atoms with Crippen molar-refractivity contribution in [1.82, 2.24) is 5.32 Å². The number of ether oxygens (including phenoxy) is 1. The van der Waals surface area contributed by atoms with Crippen LogP contribution in [-0.2, 0) is 32.7 Å². The molecular weight excluding hydrogens is 673 g/mol. The van der Waals surface area contributed by atoms with Crippen LogP contribution in [0.4, 0.5) is 0 Å². The number of carbonyl (C=O) groups excluding carboxylic acids is 2. The number of hydrogen-bond acceptors (Lipinski definition) is 8. The van der Waals surface area contributed by atoms with Crippen molar-refractivity contribution >= 4 is 25.7 Å². The molecule has 51 heavy (non-hydrogen) atoms. The van der Waals surface area contributed by atoms with Crippen LogP contribution < -0.4 is 5.32 Å². The van der Waals surface area contributed by atoms with E-state index in [0.717, 1.165) is 77.0 Å². The molecular formula is C39H72NO10P. The molecule has 3 atom stereocenters. The third-order valence-corrected chi connectivity index (χ3v) is 9.41. The normalized spacial score (nSPS) is 14.1. The molecule has 0 radical (unpaired) electrons. The average Bonchev–Trinajstić information content (AvgIpc) is 3.10. The Balaban J connectivity index is 3.96. The Kier molecular flexibility index (Phi) is 33.6. The first kappa shape index (κ1) is 49.0. The van der Waals surface area contributed by atoms with Crippen LogP contribution in [0.15, 0.2) is 24.3 Å². The van der Waals surface area contributed by atoms with Gasteiger partial charge in [-0.15, -0.1) is 0 Å². The van der Waals surface area contributed by atoms with E-state index in [1.54, 1.807) is 0 Å². The van der Waals surface area contributed by atoms with Crippen LogP contribution in [0.3, 0.4) is 0 Å². The van der Waals surface area contributed by atoms with Crippen molar-refractivity contribution in [3.8, 4) is 0 Å². The number of phosphoric acid groups is 1. The first-order valence-corrected chi connectivity index (χ1v) is 21.4. The molecule has 0 aliphatic rings. The van der Waals surface area contributed by atoms with E-state index in [1.807, 2.05) is 0 Å². The van der Waals surface area contributed by atoms with Gasteiger partial charge in [-0.1, -0.05) is 122 Å². The van der Waals surface area contributed by atoms with E-state index in [9.17, 15) is 34.1 Å². The summed E-state index contributed by atoms with van der Waals surface area (Å²) in [7, 11) is -4.75. The molecule has 0 heterocycles. The quantitative estimate of drug-likeness (QED) is 0.0208. The van der Waals surface area contributed by atoms with Gasteiger partial charge in [0, 0.05) is 12.8 Å². The lowest BCUT2D eigenvalue weighted by atomic mass is 10.1. The summed E-state index contributed by atoms with van der Waals surface area (Å²) in [5.41, 5.74) is 0. The molecule has 0 aromatic carbocycles. The number of nitrogens with one attached hydrogen (secondary N) is 1. The minimum absolute atomic E-state index is 0.135. The molecule has 0 bridgehead atoms. The fraction of sp³-hybridized carbons (Fsp3) is 0.821. The summed E-state index contributed by atoms with van der Waals surface area (Å²) in [5.74, 6) is -2.39. The summed E-state index contributed by atoms with van der Waals surface area (Å²) in [6, 6.07) is -1.55. The average molecular weight is 746 g/mol. The highest BCUT2D eigenvalue weighted by molar-refractivity contribution is 7.47. The molecule has 0 rings (SSSR count). The van der Waals surface area contributed by atoms with Crippen molar-refractivity contribution < 1.29 is 47.8 Å². The van der Waals surface area contributed by atoms with Crippen LogP contribution in [0, 0.1) is 0 Å². The largest absolute Gasteiger partial charge is 0.480 e. The lowest BCUT2D eigenvalue weighted by Gasteiger charge is -2.18. The predicted molar refractivity (Wildman–Crippen MR) is 203 cm³/mol. The van der Waals surface area contributed by atoms with Gasteiger partial charge in [-0.05, 0) is 64.2 Å². The second kappa shape index (κ2) is 35.0. The van der Waals surface area contributed by atoms with Crippen LogP contribution >= 0.6 is 7.82 Å². The number of carboxylic acids is 1. The Morgan fingerprint density at radius 3 is 1.53 bits per heavy atom. The highest BCUT2D eigenvalue weighted by atomic mass is 31.2. The van der Waals surface area contributed by atoms with Crippen LogP contribution in [0.2, 0.25) is 0 Å². The number of carboxylic acid groups (broad SMARTS) is 1. The third-order valence-electron chi connectivity index (χ3n) is 8.46. The molecule has 0 saturated carbocycles. The molecule has 4 N–H and O–H groups in total. The number of rotatable bonds is 37. The molecule has 0 aliphatic heterocycles. The highest BCUT2D eigenvalue weighted by Crippen LogP contribution is 2.43. The van der Waals surface area contributed by atoms with Crippen molar-refractivity contribution in [1.29, 1.82) is 0 Å². The first-order chi connectivity index (χ1) is 24.6. The monoisotopic (exact) mass is 745 g/mol. The lowest BCUT2D eigenvalue weighted by Crippen LogP contribution is -2.43. The molecule has 0 fully saturated rings. The zero-order valence-electron chi connectivity index (χ0n) is 31.9. The van der Waals surface area contributed by atoms with Crippen molar-refractivity contribution in [2.24, 2.45) is 0 Å². The van der Waals surface area contributed by atoms with Crippen LogP contribution in [0.5, 0.6) is 0 Å². The van der Waals surface area contributed by atoms with Gasteiger partial charge in [0.2, 0.25) is 5.91 Å². The standard InChI is InChI=1S/C39H72NO10P/c1-3-5-7-9-11-13-15-17-18-19-21-23-25-27-29-31-38(43)48-32-35(41)33-49-51(46,47)50-34-36(39(44)45)40-37(42)30-28-26-24-22-20-16-14-12-10-8-6-4-2/h12,14,17-18,35-36,41H,3-11,13,15-16,19-34H2,1-2H3,(H,40,42)(H,44,45)(H,46,47)/b14-12-,18-17-. The molecule has 11 nitrogen and oxygen atoms in total. The Morgan fingerprint density at radius 2 is 1.02 bits per heavy atom. The van der Waals surface area contributed by atoms with Gasteiger partial charge in [-0.3, -0.25) is 18.6 Å². The van der Waals surface area contributed by atoms with E-state index in [0.29, 0.717) is 12.8 Å². The minimum atomic E-state index is -4.75. The molecule has 0 aromatic rings. The summed E-state index contributed by atoms with van der Waals surface area (Å²) < 4.78 is 26.7. The number of allylic oxidation sites excluding steroid dienone is 4. The highest BCUT2D eigenvalue weighted by Gasteiger charge is 2.28. The fourth-order valence-corrected chi connectivity index (χ4v) is 6.08. The van der Waals surface area contributed by atoms with Gasteiger partial charge < -0.3 is 25.2 Å². The zero-order valence-corrected chi connectivity index (χ0v) is 32.8. The number of carbonyl (C=O) groups is 3. The number of aliphatic hydroxyl groups excluding tert-OH is 1. The zero-order chi connectivity index (χ0) is 37.8. The van der Waals surface area contributed by atoms with E-state index in [1.165, 1.54) is 57.8 Å². The molecule has 298 valence electrons. The smallest absolute Gasteiger partial charge is 0.472 e. The SMILES string of the molecule is CCCCC/C=C\CCCCCCCC(=O)NC(COP(=O)(O)OCC(O)COC(=O)CCCCCCC/C=C\CCCCCCCC)C(=O)O. The Morgan fingerprint density at radius 1 is 0.608 bits per heavy atom. The lowest BCUT2D eigenvalue weighted by molar-refractivity contribution is -0.147. The van der Waals surface area contributed by atoms with Crippen molar-refractivity contribution in [3.63, 3.8) is 0 Å². The fourth-order valence-electron chi connectivity index (χ4n) is 5.30. The van der Waals surface area contributed by atoms with Gasteiger partial charge in [-0.2, -0.15) is 0 Å². The molecule has 0 aromatic heterocycles. The Hall–Kier alpha value is -2.04. The summed E-state index contributed by atoms with van der Waals surface area (Å²) in [6.45, 7) is 2.53. The van der Waals surface area contributed by atoms with Gasteiger partial charge >= 0.3 is 19.8 Å². The van der Waals surface area contributed by atoms with Crippen LogP contribution in [0.1, 0.15) is 174 Å². The van der Waals surface area contributed by atoms with E-state index in [4.69, 9.17) is 13.8 Å². The van der Waals surface area contributed by atoms with Gasteiger partial charge in [0.1, 0.15) is 12.7 Å². The van der Waals surface area contributed by atoms with Gasteiger partial charge in [0.25, 0.3) is 0 Å². The predicted octanol–water partition coefficient (Wildman–Crippen LogP) is 9.50. The van der Waals surface area contributed by atoms with Gasteiger partial charge in [0.15, 0.2) is 6.04 Å². The summed E-state index contributed by atoms with van der Waals surface area (Å²) >= 11 is 0. The summed E-state index contributed by atoms with van der Waals surface area (Å²) in [6.07, 6.45) is 33.5. The number of esters is 1. The molecule has 3 unspecified atom stereocenters. The second-order valence-electron chi connectivity index (χ2n) is 13.5. The van der Waals surface area contributed by atoms with Gasteiger partial charge in [0.05, 0.1) is 13.2 Å². The van der Waals surface area contributed by atoms with E-state index in [-0.39, 0.29) is 12.8 Å². The van der Waals surface area contributed by atoms with E-state index >= 15 is 0 Å².